The van der Waals surface area contributed by atoms with Crippen molar-refractivity contribution in [3.8, 4) is 0 Å². The van der Waals surface area contributed by atoms with E-state index in [9.17, 15) is 58.8 Å². The van der Waals surface area contributed by atoms with E-state index in [1.165, 1.54) is 24.3 Å². The van der Waals surface area contributed by atoms with E-state index < -0.39 is 53.9 Å². The number of nitrogens with one attached hydrogen (secondary N) is 1. The normalized spacial score (nSPS) is 11.1. The number of rotatable bonds is 19. The Balaban J connectivity index is 1.42. The minimum absolute atomic E-state index is 0.102. The summed E-state index contributed by atoms with van der Waals surface area (Å²) in [6, 6.07) is 41.0. The third kappa shape index (κ3) is 13.8. The van der Waals surface area contributed by atoms with Gasteiger partial charge in [-0.2, -0.15) is 0 Å². The Morgan fingerprint density at radius 3 is 1.01 bits per heavy atom. The Labute approximate surface area is 396 Å². The zero-order valence-electron chi connectivity index (χ0n) is 37.1. The van der Waals surface area contributed by atoms with E-state index in [-0.39, 0.29) is 85.1 Å². The predicted molar refractivity (Wildman–Crippen MR) is 252 cm³/mol. The first-order valence-corrected chi connectivity index (χ1v) is 21.8. The van der Waals surface area contributed by atoms with Gasteiger partial charge in [-0.25, -0.2) is 33.9 Å². The highest BCUT2D eigenvalue weighted by atomic mass is 16.4. The van der Waals surface area contributed by atoms with Gasteiger partial charge in [0.15, 0.2) is 0 Å². The summed E-state index contributed by atoms with van der Waals surface area (Å²) in [6.45, 7) is -0.830. The molecule has 0 aromatic heterocycles. The van der Waals surface area contributed by atoms with E-state index in [0.29, 0.717) is 20.3 Å². The van der Waals surface area contributed by atoms with E-state index in [1.807, 2.05) is 0 Å². The summed E-state index contributed by atoms with van der Waals surface area (Å²) in [5.74, 6) is -5.35. The molecule has 0 bridgehead atoms. The standard InChI is InChI=1S/C53H48N4O12/c58-46(54-45(50(62)63)32-38-19-11-4-12-20-38)41-28-39(29-42(33-41)47(59)55(51(64)65)24-21-35-13-5-1-6-14-35)27-40-30-43(48(60)56(52(66)67)25-22-36-15-7-2-8-16-36)34-44(31-40)49(61)57(53(68)69)26-23-37-17-9-3-10-18-37/h1-20,28-31,33-34,45H,21-27,32H2,(H,54,58)(H,62,63)(H,64,65)(H,66,67)(H,68,69). The Hall–Kier alpha value is -8.92. The molecule has 0 saturated heterocycles. The van der Waals surface area contributed by atoms with E-state index in [4.69, 9.17) is 0 Å². The maximum atomic E-state index is 14.2. The summed E-state index contributed by atoms with van der Waals surface area (Å²) < 4.78 is 0. The summed E-state index contributed by atoms with van der Waals surface area (Å²) in [5, 5.41) is 43.3. The lowest BCUT2D eigenvalue weighted by molar-refractivity contribution is -0.139. The van der Waals surface area contributed by atoms with Crippen LogP contribution in [0.1, 0.15) is 74.8 Å². The lowest BCUT2D eigenvalue weighted by Gasteiger charge is -2.21. The van der Waals surface area contributed by atoms with E-state index >= 15 is 0 Å². The number of aliphatic carboxylic acids is 1. The smallest absolute Gasteiger partial charge is 0.414 e. The zero-order chi connectivity index (χ0) is 49.5. The SMILES string of the molecule is O=C(NC(Cc1ccccc1)C(=O)O)c1cc(Cc2cc(C(=O)N(CCc3ccccc3)C(=O)O)cc(C(=O)N(CCc3ccccc3)C(=O)O)c2)cc(C(=O)N(CCc2ccccc2)C(=O)O)c1. The number of nitrogens with zero attached hydrogens (tertiary/aromatic N) is 3. The van der Waals surface area contributed by atoms with Gasteiger partial charge in [0.05, 0.1) is 0 Å². The predicted octanol–water partition coefficient (Wildman–Crippen LogP) is 7.79. The van der Waals surface area contributed by atoms with Crippen LogP contribution in [-0.4, -0.2) is 109 Å². The van der Waals surface area contributed by atoms with Gasteiger partial charge in [0.2, 0.25) is 0 Å². The second-order valence-corrected chi connectivity index (χ2v) is 16.0. The number of carbonyl (C=O) groups is 8. The number of hydrogen-bond donors (Lipinski definition) is 5. The number of benzene rings is 6. The molecule has 0 saturated carbocycles. The molecule has 1 unspecified atom stereocenters. The van der Waals surface area contributed by atoms with Gasteiger partial charge in [0, 0.05) is 48.3 Å². The van der Waals surface area contributed by atoms with Crippen LogP contribution < -0.4 is 5.32 Å². The van der Waals surface area contributed by atoms with Crippen molar-refractivity contribution in [2.45, 2.75) is 38.1 Å². The van der Waals surface area contributed by atoms with Crippen LogP contribution in [0.15, 0.2) is 158 Å². The van der Waals surface area contributed by atoms with Gasteiger partial charge >= 0.3 is 24.2 Å². The summed E-state index contributed by atoms with van der Waals surface area (Å²) in [4.78, 5) is 108. The molecule has 0 fully saturated rings. The fraction of sp³-hybridized carbons (Fsp3) is 0.170. The molecular weight excluding hydrogens is 885 g/mol. The zero-order valence-corrected chi connectivity index (χ0v) is 37.1. The molecule has 0 heterocycles. The third-order valence-electron chi connectivity index (χ3n) is 11.1. The average molecular weight is 933 g/mol. The largest absolute Gasteiger partial charge is 0.480 e. The van der Waals surface area contributed by atoms with Crippen molar-refractivity contribution in [3.63, 3.8) is 0 Å². The van der Waals surface area contributed by atoms with Crippen molar-refractivity contribution in [2.24, 2.45) is 0 Å². The van der Waals surface area contributed by atoms with Crippen molar-refractivity contribution in [2.75, 3.05) is 19.6 Å². The molecule has 0 radical (unpaired) electrons. The van der Waals surface area contributed by atoms with Crippen LogP contribution in [0.4, 0.5) is 14.4 Å². The molecule has 6 aromatic rings. The molecule has 6 aromatic carbocycles. The Morgan fingerprint density at radius 1 is 0.391 bits per heavy atom. The van der Waals surface area contributed by atoms with Crippen LogP contribution >= 0.6 is 0 Å². The highest BCUT2D eigenvalue weighted by molar-refractivity contribution is 6.07. The fourth-order valence-corrected chi connectivity index (χ4v) is 7.59. The van der Waals surface area contributed by atoms with E-state index in [0.717, 1.165) is 28.8 Å². The molecule has 16 heteroatoms. The maximum Gasteiger partial charge on any atom is 0.414 e. The van der Waals surface area contributed by atoms with Crippen molar-refractivity contribution in [3.05, 3.63) is 213 Å². The lowest BCUT2D eigenvalue weighted by atomic mass is 9.95. The summed E-state index contributed by atoms with van der Waals surface area (Å²) in [5.41, 5.74) is 2.00. The van der Waals surface area contributed by atoms with Crippen LogP contribution in [0.25, 0.3) is 0 Å². The minimum Gasteiger partial charge on any atom is -0.480 e. The maximum absolute atomic E-state index is 14.2. The van der Waals surface area contributed by atoms with Crippen LogP contribution in [0, 0.1) is 0 Å². The van der Waals surface area contributed by atoms with Crippen LogP contribution in [-0.2, 0) is 36.9 Å². The van der Waals surface area contributed by atoms with Gasteiger partial charge in [-0.1, -0.05) is 121 Å². The molecule has 0 spiro atoms. The lowest BCUT2D eigenvalue weighted by Crippen LogP contribution is -2.42. The van der Waals surface area contributed by atoms with Crippen molar-refractivity contribution >= 4 is 47.9 Å². The quantitative estimate of drug-likeness (QED) is 0.0523. The molecule has 7 amide bonds. The van der Waals surface area contributed by atoms with Crippen LogP contribution in [0.5, 0.6) is 0 Å². The van der Waals surface area contributed by atoms with Crippen LogP contribution in [0.2, 0.25) is 0 Å². The van der Waals surface area contributed by atoms with E-state index in [1.54, 1.807) is 121 Å². The number of hydrogen-bond acceptors (Lipinski definition) is 8. The van der Waals surface area contributed by atoms with Gasteiger partial charge < -0.3 is 25.7 Å². The third-order valence-corrected chi connectivity index (χ3v) is 11.1. The molecule has 0 aliphatic carbocycles. The summed E-state index contributed by atoms with van der Waals surface area (Å²) in [7, 11) is 0. The van der Waals surface area contributed by atoms with Crippen molar-refractivity contribution in [1.29, 1.82) is 0 Å². The molecule has 1 atom stereocenters. The van der Waals surface area contributed by atoms with Crippen molar-refractivity contribution < 1.29 is 58.8 Å². The Kier molecular flexibility index (Phi) is 16.9. The monoisotopic (exact) mass is 932 g/mol. The molecule has 5 N–H and O–H groups in total. The topological polar surface area (TPSA) is 239 Å². The van der Waals surface area contributed by atoms with Gasteiger partial charge in [0.1, 0.15) is 6.04 Å². The fourth-order valence-electron chi connectivity index (χ4n) is 7.59. The molecule has 352 valence electrons. The first kappa shape index (κ1) is 49.5. The Bertz CT molecular complexity index is 2730. The molecule has 16 nitrogen and oxygen atoms in total. The molecular formula is C53H48N4O12. The summed E-state index contributed by atoms with van der Waals surface area (Å²) >= 11 is 0. The molecule has 6 rings (SSSR count). The number of carbonyl (C=O) groups excluding carboxylic acids is 4. The number of carboxylic acids is 1. The number of amides is 7. The van der Waals surface area contributed by atoms with Gasteiger partial charge in [-0.3, -0.25) is 19.2 Å². The highest BCUT2D eigenvalue weighted by Gasteiger charge is 2.29. The number of carboxylic acid groups (broad SMARTS) is 4. The first-order valence-electron chi connectivity index (χ1n) is 21.8. The molecule has 0 aliphatic heterocycles. The molecule has 0 aliphatic rings. The van der Waals surface area contributed by atoms with E-state index in [2.05, 4.69) is 5.32 Å². The van der Waals surface area contributed by atoms with Gasteiger partial charge in [-0.05, 0) is 95.5 Å². The second kappa shape index (κ2) is 23.5. The van der Waals surface area contributed by atoms with Gasteiger partial charge in [0.25, 0.3) is 23.6 Å². The first-order chi connectivity index (χ1) is 33.2. The number of imide groups is 3. The summed E-state index contributed by atoms with van der Waals surface area (Å²) in [6.07, 6.45) is -4.71. The Morgan fingerprint density at radius 2 is 0.696 bits per heavy atom. The average Bonchev–Trinajstić information content (AvgIpc) is 3.34. The van der Waals surface area contributed by atoms with Gasteiger partial charge in [-0.15, -0.1) is 0 Å². The second-order valence-electron chi connectivity index (χ2n) is 16.0. The highest BCUT2D eigenvalue weighted by Crippen LogP contribution is 2.23. The molecule has 69 heavy (non-hydrogen) atoms. The van der Waals surface area contributed by atoms with Crippen LogP contribution in [0.3, 0.4) is 0 Å². The van der Waals surface area contributed by atoms with Crippen molar-refractivity contribution in [1.82, 2.24) is 20.0 Å². The minimum atomic E-state index is -1.59.